The molecule has 0 saturated heterocycles. The average Bonchev–Trinajstić information content (AvgIpc) is 2.70. The molecule has 0 fully saturated rings. The molecule has 0 aliphatic carbocycles. The molecule has 5 rings (SSSR count). The molecule has 4 nitrogen and oxygen atoms in total. The van der Waals surface area contributed by atoms with Crippen molar-refractivity contribution in [3.63, 3.8) is 0 Å². The van der Waals surface area contributed by atoms with Crippen LogP contribution in [0.3, 0.4) is 0 Å². The van der Waals surface area contributed by atoms with Gasteiger partial charge in [-0.05, 0) is 43.7 Å². The Morgan fingerprint density at radius 3 is 2.43 bits per heavy atom. The quantitative estimate of drug-likeness (QED) is 0.242. The highest BCUT2D eigenvalue weighted by Crippen LogP contribution is 2.34. The van der Waals surface area contributed by atoms with Crippen molar-refractivity contribution in [2.24, 2.45) is 0 Å². The van der Waals surface area contributed by atoms with Crippen LogP contribution in [-0.4, -0.2) is 4.98 Å². The Kier molecular flexibility index (Phi) is 3.66. The number of fused-ring (bicyclic) bond motifs is 4. The molecule has 3 aromatic carbocycles. The first-order valence-electron chi connectivity index (χ1n) is 9.20. The predicted molar refractivity (Wildman–Crippen MR) is 114 cm³/mol. The number of nitrogens with zero attached hydrogens (tertiary/aromatic N) is 1. The SMILES string of the molecule is Cc1ccc(Nc2c3ccccc3nc3c2c(=O)oc2c(C)cccc23)cc1. The van der Waals surface area contributed by atoms with E-state index in [9.17, 15) is 4.79 Å². The molecule has 0 unspecified atom stereocenters. The molecule has 2 heterocycles. The second-order valence-corrected chi connectivity index (χ2v) is 7.06. The summed E-state index contributed by atoms with van der Waals surface area (Å²) < 4.78 is 5.72. The van der Waals surface area contributed by atoms with Crippen molar-refractivity contribution < 1.29 is 4.42 Å². The summed E-state index contributed by atoms with van der Waals surface area (Å²) in [5, 5.41) is 5.63. The molecule has 0 amide bonds. The maximum absolute atomic E-state index is 13.0. The first kappa shape index (κ1) is 16.5. The van der Waals surface area contributed by atoms with Gasteiger partial charge < -0.3 is 9.73 Å². The third kappa shape index (κ3) is 2.54. The van der Waals surface area contributed by atoms with Gasteiger partial charge in [0.25, 0.3) is 0 Å². The molecule has 2 aromatic heterocycles. The number of anilines is 2. The largest absolute Gasteiger partial charge is 0.422 e. The zero-order chi connectivity index (χ0) is 19.3. The van der Waals surface area contributed by atoms with Crippen LogP contribution in [0.25, 0.3) is 32.8 Å². The number of benzene rings is 3. The van der Waals surface area contributed by atoms with Gasteiger partial charge in [-0.25, -0.2) is 9.78 Å². The molecular formula is C24H18N2O2. The van der Waals surface area contributed by atoms with E-state index in [0.29, 0.717) is 16.5 Å². The fourth-order valence-electron chi connectivity index (χ4n) is 3.63. The summed E-state index contributed by atoms with van der Waals surface area (Å²) >= 11 is 0. The number of para-hydroxylation sites is 2. The molecule has 28 heavy (non-hydrogen) atoms. The zero-order valence-corrected chi connectivity index (χ0v) is 15.6. The Labute approximate surface area is 161 Å². The maximum atomic E-state index is 13.0. The Balaban J connectivity index is 1.92. The second-order valence-electron chi connectivity index (χ2n) is 7.06. The fourth-order valence-corrected chi connectivity index (χ4v) is 3.63. The average molecular weight is 366 g/mol. The highest BCUT2D eigenvalue weighted by atomic mass is 16.4. The molecular weight excluding hydrogens is 348 g/mol. The van der Waals surface area contributed by atoms with E-state index in [0.717, 1.165) is 33.2 Å². The minimum atomic E-state index is -0.385. The Morgan fingerprint density at radius 1 is 0.857 bits per heavy atom. The summed E-state index contributed by atoms with van der Waals surface area (Å²) in [4.78, 5) is 17.8. The molecule has 0 spiro atoms. The molecule has 4 heteroatoms. The Morgan fingerprint density at radius 2 is 1.61 bits per heavy atom. The van der Waals surface area contributed by atoms with Crippen LogP contribution in [0.4, 0.5) is 11.4 Å². The summed E-state index contributed by atoms with van der Waals surface area (Å²) in [5.74, 6) is 0. The number of pyridine rings is 1. The maximum Gasteiger partial charge on any atom is 0.347 e. The van der Waals surface area contributed by atoms with Gasteiger partial charge in [0, 0.05) is 16.5 Å². The molecule has 0 aliphatic heterocycles. The van der Waals surface area contributed by atoms with Crippen molar-refractivity contribution in [3.05, 3.63) is 88.3 Å². The molecule has 0 saturated carbocycles. The first-order valence-corrected chi connectivity index (χ1v) is 9.20. The lowest BCUT2D eigenvalue weighted by atomic mass is 10.0. The number of nitrogens with one attached hydrogen (secondary N) is 1. The van der Waals surface area contributed by atoms with Gasteiger partial charge in [0.05, 0.1) is 16.7 Å². The van der Waals surface area contributed by atoms with Crippen molar-refractivity contribution in [3.8, 4) is 0 Å². The topological polar surface area (TPSA) is 55.1 Å². The Hall–Kier alpha value is -3.66. The van der Waals surface area contributed by atoms with E-state index in [1.807, 2.05) is 80.6 Å². The molecule has 0 aliphatic rings. The summed E-state index contributed by atoms with van der Waals surface area (Å²) in [6.45, 7) is 3.98. The van der Waals surface area contributed by atoms with Gasteiger partial charge in [-0.15, -0.1) is 0 Å². The lowest BCUT2D eigenvalue weighted by Gasteiger charge is -2.14. The van der Waals surface area contributed by atoms with Crippen molar-refractivity contribution in [2.75, 3.05) is 5.32 Å². The first-order chi connectivity index (χ1) is 13.6. The van der Waals surface area contributed by atoms with Crippen molar-refractivity contribution in [1.29, 1.82) is 0 Å². The van der Waals surface area contributed by atoms with E-state index in [1.54, 1.807) is 0 Å². The van der Waals surface area contributed by atoms with Crippen LogP contribution in [0.2, 0.25) is 0 Å². The van der Waals surface area contributed by atoms with Crippen LogP contribution in [-0.2, 0) is 0 Å². The monoisotopic (exact) mass is 366 g/mol. The Bertz CT molecular complexity index is 1420. The van der Waals surface area contributed by atoms with E-state index in [4.69, 9.17) is 9.40 Å². The van der Waals surface area contributed by atoms with Crippen LogP contribution in [0.15, 0.2) is 75.9 Å². The summed E-state index contributed by atoms with van der Waals surface area (Å²) in [7, 11) is 0. The van der Waals surface area contributed by atoms with E-state index in [2.05, 4.69) is 5.32 Å². The van der Waals surface area contributed by atoms with E-state index in [-0.39, 0.29) is 5.63 Å². The van der Waals surface area contributed by atoms with E-state index in [1.165, 1.54) is 5.56 Å². The third-order valence-electron chi connectivity index (χ3n) is 5.08. The smallest absolute Gasteiger partial charge is 0.347 e. The highest BCUT2D eigenvalue weighted by Gasteiger charge is 2.17. The van der Waals surface area contributed by atoms with E-state index < -0.39 is 0 Å². The number of hydrogen-bond donors (Lipinski definition) is 1. The van der Waals surface area contributed by atoms with Gasteiger partial charge >= 0.3 is 5.63 Å². The number of rotatable bonds is 2. The molecule has 0 radical (unpaired) electrons. The van der Waals surface area contributed by atoms with Gasteiger partial charge in [-0.3, -0.25) is 0 Å². The van der Waals surface area contributed by atoms with Gasteiger partial charge in [0.1, 0.15) is 11.0 Å². The van der Waals surface area contributed by atoms with Crippen molar-refractivity contribution in [1.82, 2.24) is 4.98 Å². The molecule has 5 aromatic rings. The number of hydrogen-bond acceptors (Lipinski definition) is 4. The van der Waals surface area contributed by atoms with E-state index >= 15 is 0 Å². The van der Waals surface area contributed by atoms with Crippen LogP contribution in [0.1, 0.15) is 11.1 Å². The van der Waals surface area contributed by atoms with Crippen LogP contribution < -0.4 is 10.9 Å². The number of aromatic nitrogens is 1. The predicted octanol–water partition coefficient (Wildman–Crippen LogP) is 5.85. The molecule has 0 atom stereocenters. The van der Waals surface area contributed by atoms with Crippen LogP contribution in [0, 0.1) is 13.8 Å². The summed E-state index contributed by atoms with van der Waals surface area (Å²) in [6.07, 6.45) is 0. The zero-order valence-electron chi connectivity index (χ0n) is 15.6. The molecule has 0 bridgehead atoms. The second kappa shape index (κ2) is 6.20. The third-order valence-corrected chi connectivity index (χ3v) is 5.08. The minimum absolute atomic E-state index is 0.385. The lowest BCUT2D eigenvalue weighted by Crippen LogP contribution is -2.06. The van der Waals surface area contributed by atoms with Gasteiger partial charge in [-0.2, -0.15) is 0 Å². The standard InChI is InChI=1S/C24H18N2O2/c1-14-10-12-16(13-11-14)25-21-17-7-3-4-9-19(17)26-22-18-8-5-6-15(2)23(18)28-24(27)20(21)22/h3-13H,1-2H3,(H,25,26). The van der Waals surface area contributed by atoms with Crippen LogP contribution in [0.5, 0.6) is 0 Å². The highest BCUT2D eigenvalue weighted by molar-refractivity contribution is 6.15. The number of aryl methyl sites for hydroxylation is 2. The molecule has 1 N–H and O–H groups in total. The van der Waals surface area contributed by atoms with Gasteiger partial charge in [0.2, 0.25) is 0 Å². The lowest BCUT2D eigenvalue weighted by molar-refractivity contribution is 0.567. The van der Waals surface area contributed by atoms with Gasteiger partial charge in [0.15, 0.2) is 0 Å². The van der Waals surface area contributed by atoms with Crippen LogP contribution >= 0.6 is 0 Å². The van der Waals surface area contributed by atoms with Crippen molar-refractivity contribution >= 4 is 44.1 Å². The van der Waals surface area contributed by atoms with Gasteiger partial charge in [-0.1, -0.05) is 48.0 Å². The normalized spacial score (nSPS) is 11.4. The summed E-state index contributed by atoms with van der Waals surface area (Å²) in [5.41, 5.74) is 5.42. The van der Waals surface area contributed by atoms with Crippen molar-refractivity contribution in [2.45, 2.75) is 13.8 Å². The minimum Gasteiger partial charge on any atom is -0.422 e. The molecule has 136 valence electrons. The summed E-state index contributed by atoms with van der Waals surface area (Å²) in [6, 6.07) is 21.8. The fraction of sp³-hybridized carbons (Fsp3) is 0.0833.